The van der Waals surface area contributed by atoms with Gasteiger partial charge >= 0.3 is 0 Å². The SMILES string of the molecule is CCC1(CC)CC(=O)c2cc(-c3nc(-c4ccn[nH]4)no3)ccc2O1. The second-order valence-corrected chi connectivity index (χ2v) is 6.20. The third-order valence-corrected chi connectivity index (χ3v) is 4.79. The maximum absolute atomic E-state index is 12.6. The van der Waals surface area contributed by atoms with Crippen LogP contribution < -0.4 is 4.74 Å². The summed E-state index contributed by atoms with van der Waals surface area (Å²) in [5, 5.41) is 10.6. The fourth-order valence-corrected chi connectivity index (χ4v) is 3.10. The highest BCUT2D eigenvalue weighted by Gasteiger charge is 2.37. The molecule has 0 saturated heterocycles. The van der Waals surface area contributed by atoms with E-state index < -0.39 is 5.60 Å². The van der Waals surface area contributed by atoms with Gasteiger partial charge < -0.3 is 9.26 Å². The van der Waals surface area contributed by atoms with Crippen LogP contribution >= 0.6 is 0 Å². The van der Waals surface area contributed by atoms with E-state index in [1.807, 2.05) is 26.0 Å². The highest BCUT2D eigenvalue weighted by Crippen LogP contribution is 2.38. The van der Waals surface area contributed by atoms with E-state index in [0.717, 1.165) is 12.8 Å². The summed E-state index contributed by atoms with van der Waals surface area (Å²) in [6.45, 7) is 4.09. The number of carbonyl (C=O) groups is 1. The minimum atomic E-state index is -0.399. The molecule has 4 rings (SSSR count). The molecule has 0 aliphatic carbocycles. The number of H-pyrrole nitrogens is 1. The Labute approximate surface area is 144 Å². The zero-order chi connectivity index (χ0) is 17.4. The maximum Gasteiger partial charge on any atom is 0.258 e. The molecule has 7 heteroatoms. The molecule has 3 aromatic rings. The van der Waals surface area contributed by atoms with Crippen molar-refractivity contribution >= 4 is 5.78 Å². The molecular weight excluding hydrogens is 320 g/mol. The van der Waals surface area contributed by atoms with Crippen LogP contribution in [0, 0.1) is 0 Å². The van der Waals surface area contributed by atoms with Crippen molar-refractivity contribution in [1.82, 2.24) is 20.3 Å². The van der Waals surface area contributed by atoms with Crippen molar-refractivity contribution < 1.29 is 14.1 Å². The first-order valence-electron chi connectivity index (χ1n) is 8.34. The van der Waals surface area contributed by atoms with E-state index in [4.69, 9.17) is 9.26 Å². The maximum atomic E-state index is 12.6. The fraction of sp³-hybridized carbons (Fsp3) is 0.333. The van der Waals surface area contributed by atoms with E-state index in [1.54, 1.807) is 18.3 Å². The number of aromatic nitrogens is 4. The third-order valence-electron chi connectivity index (χ3n) is 4.79. The first-order valence-corrected chi connectivity index (χ1v) is 8.34. The van der Waals surface area contributed by atoms with Gasteiger partial charge in [0.25, 0.3) is 5.89 Å². The Balaban J connectivity index is 1.69. The van der Waals surface area contributed by atoms with Gasteiger partial charge in [0.1, 0.15) is 17.0 Å². The minimum absolute atomic E-state index is 0.0834. The molecule has 7 nitrogen and oxygen atoms in total. The number of benzene rings is 1. The molecular formula is C18H18N4O3. The summed E-state index contributed by atoms with van der Waals surface area (Å²) in [7, 11) is 0. The summed E-state index contributed by atoms with van der Waals surface area (Å²) < 4.78 is 11.5. The molecule has 0 unspecified atom stereocenters. The van der Waals surface area contributed by atoms with Gasteiger partial charge in [-0.15, -0.1) is 0 Å². The number of nitrogens with one attached hydrogen (secondary N) is 1. The second-order valence-electron chi connectivity index (χ2n) is 6.20. The molecule has 25 heavy (non-hydrogen) atoms. The summed E-state index contributed by atoms with van der Waals surface area (Å²) in [6, 6.07) is 7.16. The minimum Gasteiger partial charge on any atom is -0.486 e. The zero-order valence-corrected chi connectivity index (χ0v) is 14.1. The molecule has 128 valence electrons. The number of hydrogen-bond donors (Lipinski definition) is 1. The molecule has 2 aromatic heterocycles. The first-order chi connectivity index (χ1) is 12.1. The fourth-order valence-electron chi connectivity index (χ4n) is 3.10. The summed E-state index contributed by atoms with van der Waals surface area (Å²) in [6.07, 6.45) is 3.61. The Kier molecular flexibility index (Phi) is 3.63. The van der Waals surface area contributed by atoms with Gasteiger partial charge in [-0.2, -0.15) is 10.1 Å². The van der Waals surface area contributed by atoms with Gasteiger partial charge in [-0.1, -0.05) is 19.0 Å². The van der Waals surface area contributed by atoms with Crippen LogP contribution in [-0.4, -0.2) is 31.7 Å². The number of carbonyl (C=O) groups excluding carboxylic acids is 1. The molecule has 1 aromatic carbocycles. The van der Waals surface area contributed by atoms with Crippen molar-refractivity contribution in [2.75, 3.05) is 0 Å². The zero-order valence-electron chi connectivity index (χ0n) is 14.1. The Morgan fingerprint density at radius 1 is 1.24 bits per heavy atom. The van der Waals surface area contributed by atoms with Gasteiger partial charge in [-0.25, -0.2) is 0 Å². The van der Waals surface area contributed by atoms with Gasteiger partial charge in [-0.05, 0) is 37.1 Å². The third kappa shape index (κ3) is 2.61. The van der Waals surface area contributed by atoms with E-state index in [2.05, 4.69) is 20.3 Å². The average Bonchev–Trinajstić information content (AvgIpc) is 3.32. The number of rotatable bonds is 4. The smallest absolute Gasteiger partial charge is 0.258 e. The van der Waals surface area contributed by atoms with Gasteiger partial charge in [0.2, 0.25) is 5.82 Å². The number of aromatic amines is 1. The molecule has 3 heterocycles. The summed E-state index contributed by atoms with van der Waals surface area (Å²) in [5.74, 6) is 1.48. The van der Waals surface area contributed by atoms with E-state index in [0.29, 0.717) is 40.7 Å². The van der Waals surface area contributed by atoms with Crippen LogP contribution in [0.15, 0.2) is 35.0 Å². The lowest BCUT2D eigenvalue weighted by atomic mass is 9.85. The van der Waals surface area contributed by atoms with Gasteiger partial charge in [-0.3, -0.25) is 9.89 Å². The lowest BCUT2D eigenvalue weighted by Gasteiger charge is -2.36. The number of ether oxygens (including phenoxy) is 1. The van der Waals surface area contributed by atoms with Crippen molar-refractivity contribution in [2.45, 2.75) is 38.7 Å². The van der Waals surface area contributed by atoms with E-state index in [-0.39, 0.29) is 5.78 Å². The molecule has 0 atom stereocenters. The molecule has 0 amide bonds. The van der Waals surface area contributed by atoms with Crippen LogP contribution in [0.5, 0.6) is 5.75 Å². The molecule has 0 bridgehead atoms. The highest BCUT2D eigenvalue weighted by molar-refractivity contribution is 6.01. The summed E-state index contributed by atoms with van der Waals surface area (Å²) >= 11 is 0. The predicted octanol–water partition coefficient (Wildman–Crippen LogP) is 3.65. The monoisotopic (exact) mass is 338 g/mol. The van der Waals surface area contributed by atoms with Crippen LogP contribution in [0.4, 0.5) is 0 Å². The number of nitrogens with zero attached hydrogens (tertiary/aromatic N) is 3. The van der Waals surface area contributed by atoms with Gasteiger partial charge in [0.05, 0.1) is 12.0 Å². The largest absolute Gasteiger partial charge is 0.486 e. The van der Waals surface area contributed by atoms with E-state index >= 15 is 0 Å². The Morgan fingerprint density at radius 2 is 2.08 bits per heavy atom. The molecule has 0 radical (unpaired) electrons. The van der Waals surface area contributed by atoms with Crippen LogP contribution in [0.25, 0.3) is 23.0 Å². The Morgan fingerprint density at radius 3 is 2.80 bits per heavy atom. The molecule has 1 aliphatic heterocycles. The molecule has 0 spiro atoms. The summed E-state index contributed by atoms with van der Waals surface area (Å²) in [4.78, 5) is 17.0. The molecule has 1 N–H and O–H groups in total. The number of fused-ring (bicyclic) bond motifs is 1. The standard InChI is InChI=1S/C18H18N4O3/c1-3-18(4-2)10-14(23)12-9-11(5-6-15(12)24-18)17-20-16(22-25-17)13-7-8-19-21-13/h5-9H,3-4,10H2,1-2H3,(H,19,21). The average molecular weight is 338 g/mol. The van der Waals surface area contributed by atoms with Gasteiger partial charge in [0, 0.05) is 11.8 Å². The normalized spacial score (nSPS) is 15.7. The second kappa shape index (κ2) is 5.84. The Hall–Kier alpha value is -2.96. The van der Waals surface area contributed by atoms with Gasteiger partial charge in [0.15, 0.2) is 5.78 Å². The van der Waals surface area contributed by atoms with Crippen LogP contribution in [0.2, 0.25) is 0 Å². The van der Waals surface area contributed by atoms with E-state index in [1.165, 1.54) is 0 Å². The van der Waals surface area contributed by atoms with Crippen LogP contribution in [-0.2, 0) is 0 Å². The number of ketones is 1. The van der Waals surface area contributed by atoms with Crippen molar-refractivity contribution in [3.63, 3.8) is 0 Å². The molecule has 1 aliphatic rings. The van der Waals surface area contributed by atoms with E-state index in [9.17, 15) is 4.79 Å². The van der Waals surface area contributed by atoms with Crippen LogP contribution in [0.1, 0.15) is 43.5 Å². The lowest BCUT2D eigenvalue weighted by molar-refractivity contribution is 0.0350. The first kappa shape index (κ1) is 15.6. The van der Waals surface area contributed by atoms with Crippen molar-refractivity contribution in [2.24, 2.45) is 0 Å². The number of Topliss-reactive ketones (excluding diaryl/α,β-unsaturated/α-hetero) is 1. The quantitative estimate of drug-likeness (QED) is 0.780. The van der Waals surface area contributed by atoms with Crippen molar-refractivity contribution in [3.8, 4) is 28.7 Å². The topological polar surface area (TPSA) is 93.9 Å². The van der Waals surface area contributed by atoms with Crippen LogP contribution in [0.3, 0.4) is 0 Å². The predicted molar refractivity (Wildman–Crippen MR) is 90.2 cm³/mol. The number of hydrogen-bond acceptors (Lipinski definition) is 6. The molecule has 0 saturated carbocycles. The Bertz CT molecular complexity index is 910. The van der Waals surface area contributed by atoms with Crippen molar-refractivity contribution in [3.05, 3.63) is 36.0 Å². The highest BCUT2D eigenvalue weighted by atomic mass is 16.5. The summed E-state index contributed by atoms with van der Waals surface area (Å²) in [5.41, 5.74) is 1.53. The van der Waals surface area contributed by atoms with Crippen molar-refractivity contribution in [1.29, 1.82) is 0 Å². The molecule has 0 fully saturated rings. The lowest BCUT2D eigenvalue weighted by Crippen LogP contribution is -2.40.